The van der Waals surface area contributed by atoms with Crippen LogP contribution < -0.4 is 4.72 Å². The number of benzene rings is 3. The van der Waals surface area contributed by atoms with Crippen molar-refractivity contribution >= 4 is 38.6 Å². The predicted octanol–water partition coefficient (Wildman–Crippen LogP) is 6.46. The highest BCUT2D eigenvalue weighted by Crippen LogP contribution is 2.34. The summed E-state index contributed by atoms with van der Waals surface area (Å²) in [5.74, 6) is -0.396. The zero-order chi connectivity index (χ0) is 24.6. The van der Waals surface area contributed by atoms with Gasteiger partial charge in [-0.15, -0.1) is 0 Å². The Balaban J connectivity index is 2.07. The van der Waals surface area contributed by atoms with Crippen LogP contribution in [0, 0.1) is 27.7 Å². The maximum atomic E-state index is 14.1. The first-order valence-electron chi connectivity index (χ1n) is 11.2. The zero-order valence-electron chi connectivity index (χ0n) is 20.9. The van der Waals surface area contributed by atoms with Gasteiger partial charge in [0.05, 0.1) is 5.69 Å². The Bertz CT molecular complexity index is 1270. The Hall–Kier alpha value is -2.92. The molecule has 3 aromatic carbocycles. The van der Waals surface area contributed by atoms with E-state index in [1.807, 2.05) is 71.0 Å². The molecule has 33 heavy (non-hydrogen) atoms. The monoisotopic (exact) mass is 465 g/mol. The molecule has 3 aromatic rings. The second-order valence-electron chi connectivity index (χ2n) is 9.80. The minimum atomic E-state index is -2.95. The average Bonchev–Trinajstić information content (AvgIpc) is 2.69. The normalized spacial score (nSPS) is 12.8. The summed E-state index contributed by atoms with van der Waals surface area (Å²) < 4.78 is 22.9. The van der Waals surface area contributed by atoms with Crippen LogP contribution in [-0.4, -0.2) is 22.0 Å². The lowest BCUT2D eigenvalue weighted by atomic mass is 10.0. The average molecular weight is 466 g/mol. The topological polar surface area (TPSA) is 55.4 Å². The third-order valence-electron chi connectivity index (χ3n) is 5.79. The van der Waals surface area contributed by atoms with Gasteiger partial charge in [0.25, 0.3) is 0 Å². The van der Waals surface area contributed by atoms with Crippen LogP contribution in [0.5, 0.6) is 0 Å². The Kier molecular flexibility index (Phi) is 6.85. The second kappa shape index (κ2) is 9.14. The summed E-state index contributed by atoms with van der Waals surface area (Å²) in [5, 5.41) is 1.98. The van der Waals surface area contributed by atoms with Gasteiger partial charge in [0, 0.05) is 22.6 Å². The number of aryl methyl sites for hydroxylation is 2. The maximum Gasteiger partial charge on any atom is 0.331 e. The molecule has 0 saturated carbocycles. The summed E-state index contributed by atoms with van der Waals surface area (Å²) in [7, 11) is -2.95. The lowest BCUT2D eigenvalue weighted by molar-refractivity contribution is -0.148. The van der Waals surface area contributed by atoms with Crippen molar-refractivity contribution < 1.29 is 13.7 Å². The smallest absolute Gasteiger partial charge is 0.331 e. The molecule has 0 heterocycles. The summed E-state index contributed by atoms with van der Waals surface area (Å²) in [6.45, 7) is 13.7. The number of thiol groups is 1. The van der Waals surface area contributed by atoms with Gasteiger partial charge in [-0.3, -0.25) is 4.21 Å². The van der Waals surface area contributed by atoms with Crippen LogP contribution in [0.1, 0.15) is 48.6 Å². The summed E-state index contributed by atoms with van der Waals surface area (Å²) in [6.07, 6.45) is 4.96. The number of hydrogen-bond acceptors (Lipinski definition) is 3. The summed E-state index contributed by atoms with van der Waals surface area (Å²) >= 11 is 0. The molecule has 0 saturated heterocycles. The highest BCUT2D eigenvalue weighted by molar-refractivity contribution is 8.03. The molecule has 3 rings (SSSR count). The Morgan fingerprint density at radius 3 is 2.18 bits per heavy atom. The van der Waals surface area contributed by atoms with E-state index in [2.05, 4.69) is 24.6 Å². The molecule has 4 nitrogen and oxygen atoms in total. The highest BCUT2D eigenvalue weighted by atomic mass is 32.3. The largest absolute Gasteiger partial charge is 0.457 e. The van der Waals surface area contributed by atoms with E-state index in [1.54, 1.807) is 12.3 Å². The van der Waals surface area contributed by atoms with Crippen LogP contribution in [0.15, 0.2) is 53.4 Å². The molecular formula is C28H35NO3S. The number of anilines is 1. The van der Waals surface area contributed by atoms with E-state index in [-0.39, 0.29) is 0 Å². The lowest BCUT2D eigenvalue weighted by Gasteiger charge is -2.28. The standard InChI is InChI=1S/C28H35NO3S/c1-18-15-19(2)21(4)27(20(18)3)33(8,31)29-25-17-22(13-14-26(30)32-28(5,6)7)16-23-11-9-10-12-24(23)25/h9-17,33H,1-8H3,(H,29,31)/b14-13+. The number of esters is 1. The van der Waals surface area contributed by atoms with Crippen molar-refractivity contribution in [1.29, 1.82) is 0 Å². The van der Waals surface area contributed by atoms with Gasteiger partial charge in [-0.05, 0) is 110 Å². The Morgan fingerprint density at radius 2 is 1.58 bits per heavy atom. The molecule has 5 heteroatoms. The van der Waals surface area contributed by atoms with E-state index in [9.17, 15) is 9.00 Å². The first-order chi connectivity index (χ1) is 15.3. The van der Waals surface area contributed by atoms with Crippen LogP contribution in [0.2, 0.25) is 0 Å². The quantitative estimate of drug-likeness (QED) is 0.258. The van der Waals surface area contributed by atoms with Crippen molar-refractivity contribution in [3.63, 3.8) is 0 Å². The molecule has 0 aliphatic heterocycles. The van der Waals surface area contributed by atoms with Crippen LogP contribution in [0.4, 0.5) is 5.69 Å². The third-order valence-corrected chi connectivity index (χ3v) is 7.98. The predicted molar refractivity (Wildman–Crippen MR) is 142 cm³/mol. The zero-order valence-corrected chi connectivity index (χ0v) is 21.8. The van der Waals surface area contributed by atoms with Crippen molar-refractivity contribution in [3.05, 3.63) is 76.4 Å². The van der Waals surface area contributed by atoms with Gasteiger partial charge in [0.2, 0.25) is 0 Å². The molecule has 0 spiro atoms. The van der Waals surface area contributed by atoms with E-state index in [1.165, 1.54) is 6.08 Å². The van der Waals surface area contributed by atoms with Gasteiger partial charge >= 0.3 is 5.97 Å². The number of hydrogen-bond donors (Lipinski definition) is 2. The van der Waals surface area contributed by atoms with Crippen LogP contribution in [-0.2, 0) is 19.7 Å². The van der Waals surface area contributed by atoms with E-state index in [4.69, 9.17) is 4.74 Å². The first kappa shape index (κ1) is 24.7. The van der Waals surface area contributed by atoms with Crippen molar-refractivity contribution in [2.45, 2.75) is 59.0 Å². The molecule has 0 radical (unpaired) electrons. The second-order valence-corrected chi connectivity index (χ2v) is 12.3. The molecule has 0 fully saturated rings. The van der Waals surface area contributed by atoms with Crippen molar-refractivity contribution in [3.8, 4) is 0 Å². The van der Waals surface area contributed by atoms with Crippen LogP contribution in [0.3, 0.4) is 0 Å². The first-order valence-corrected chi connectivity index (χ1v) is 13.3. The van der Waals surface area contributed by atoms with E-state index >= 15 is 0 Å². The molecule has 0 unspecified atom stereocenters. The number of carbonyl (C=O) groups excluding carboxylic acids is 1. The molecule has 0 aromatic heterocycles. The van der Waals surface area contributed by atoms with E-state index in [0.717, 1.165) is 49.2 Å². The molecule has 0 bridgehead atoms. The fourth-order valence-corrected chi connectivity index (χ4v) is 6.53. The van der Waals surface area contributed by atoms with E-state index < -0.39 is 21.7 Å². The van der Waals surface area contributed by atoms with Gasteiger partial charge in [-0.2, -0.15) is 0 Å². The Labute approximate surface area is 198 Å². The van der Waals surface area contributed by atoms with Crippen molar-refractivity contribution in [2.75, 3.05) is 11.0 Å². The Morgan fingerprint density at radius 1 is 0.970 bits per heavy atom. The summed E-state index contributed by atoms with van der Waals surface area (Å²) in [5.41, 5.74) is 5.44. The number of ether oxygens (including phenoxy) is 1. The fraction of sp³-hybridized carbons (Fsp3) is 0.321. The summed E-state index contributed by atoms with van der Waals surface area (Å²) in [6, 6.07) is 14.1. The molecule has 0 aliphatic carbocycles. The van der Waals surface area contributed by atoms with Crippen LogP contribution in [0.25, 0.3) is 16.8 Å². The molecule has 0 aliphatic rings. The van der Waals surface area contributed by atoms with Crippen molar-refractivity contribution in [2.24, 2.45) is 0 Å². The minimum absolute atomic E-state index is 0.396. The highest BCUT2D eigenvalue weighted by Gasteiger charge is 2.21. The third kappa shape index (κ3) is 5.72. The van der Waals surface area contributed by atoms with Gasteiger partial charge in [0.15, 0.2) is 0 Å². The van der Waals surface area contributed by atoms with Crippen molar-refractivity contribution in [1.82, 2.24) is 0 Å². The molecule has 176 valence electrons. The number of nitrogens with one attached hydrogen (secondary N) is 1. The van der Waals surface area contributed by atoms with Gasteiger partial charge in [-0.25, -0.2) is 4.79 Å². The molecule has 0 amide bonds. The molecule has 0 atom stereocenters. The maximum absolute atomic E-state index is 14.1. The SMILES string of the molecule is Cc1cc(C)c(C)c([SH](C)(=O)Nc2cc(/C=C/C(=O)OC(C)(C)C)cc3ccccc23)c1C. The lowest BCUT2D eigenvalue weighted by Crippen LogP contribution is -2.24. The minimum Gasteiger partial charge on any atom is -0.457 e. The molecular weight excluding hydrogens is 430 g/mol. The molecule has 1 N–H and O–H groups in total. The fourth-order valence-electron chi connectivity index (χ4n) is 4.14. The number of fused-ring (bicyclic) bond motifs is 1. The summed E-state index contributed by atoms with van der Waals surface area (Å²) in [4.78, 5) is 13.1. The van der Waals surface area contributed by atoms with Gasteiger partial charge < -0.3 is 9.46 Å². The van der Waals surface area contributed by atoms with E-state index in [0.29, 0.717) is 0 Å². The number of rotatable bonds is 5. The van der Waals surface area contributed by atoms with Gasteiger partial charge in [-0.1, -0.05) is 30.3 Å². The van der Waals surface area contributed by atoms with Gasteiger partial charge in [0.1, 0.15) is 5.60 Å². The number of carbonyl (C=O) groups is 1. The van der Waals surface area contributed by atoms with Crippen LogP contribution >= 0.6 is 0 Å².